The Kier molecular flexibility index (Phi) is 7.51. The Morgan fingerprint density at radius 3 is 2.23 bits per heavy atom. The van der Waals surface area contributed by atoms with Crippen molar-refractivity contribution in [3.05, 3.63) is 60.7 Å². The van der Waals surface area contributed by atoms with Crippen LogP contribution in [0.4, 0.5) is 10.3 Å². The minimum atomic E-state index is -3.79. The van der Waals surface area contributed by atoms with Gasteiger partial charge >= 0.3 is 0 Å². The first kappa shape index (κ1) is 25.2. The molecule has 35 heavy (non-hydrogen) atoms. The van der Waals surface area contributed by atoms with Gasteiger partial charge < -0.3 is 5.73 Å². The monoisotopic (exact) mass is 517 g/mol. The van der Waals surface area contributed by atoms with Gasteiger partial charge in [-0.15, -0.1) is 0 Å². The number of rotatable bonds is 8. The largest absolute Gasteiger partial charge is 0.368 e. The average molecular weight is 518 g/mol. The van der Waals surface area contributed by atoms with Gasteiger partial charge in [-0.2, -0.15) is 0 Å². The smallest absolute Gasteiger partial charge is 0.219 e. The van der Waals surface area contributed by atoms with Gasteiger partial charge in [-0.3, -0.25) is 0 Å². The minimum Gasteiger partial charge on any atom is -0.368 e. The van der Waals surface area contributed by atoms with Gasteiger partial charge in [0.25, 0.3) is 0 Å². The molecule has 0 atom stereocenters. The van der Waals surface area contributed by atoms with Crippen molar-refractivity contribution in [2.45, 2.75) is 48.7 Å². The van der Waals surface area contributed by atoms with E-state index in [4.69, 9.17) is 5.73 Å². The summed E-state index contributed by atoms with van der Waals surface area (Å²) in [6.07, 6.45) is 7.02. The Morgan fingerprint density at radius 2 is 1.54 bits per heavy atom. The maximum Gasteiger partial charge on any atom is 0.219 e. The van der Waals surface area contributed by atoms with Crippen molar-refractivity contribution in [2.24, 2.45) is 0 Å². The summed E-state index contributed by atoms with van der Waals surface area (Å²) in [5, 5.41) is -0.362. The fourth-order valence-corrected chi connectivity index (χ4v) is 8.19. The average Bonchev–Trinajstić information content (AvgIpc) is 2.85. The van der Waals surface area contributed by atoms with Crippen LogP contribution in [0.25, 0.3) is 22.3 Å². The highest BCUT2D eigenvalue weighted by molar-refractivity contribution is 7.92. The minimum absolute atomic E-state index is 0.0277. The molecule has 1 aliphatic rings. The topological polar surface area (TPSA) is 120 Å². The van der Waals surface area contributed by atoms with E-state index in [1.165, 1.54) is 24.5 Å². The van der Waals surface area contributed by atoms with Crippen LogP contribution in [0.1, 0.15) is 38.5 Å². The highest BCUT2D eigenvalue weighted by Crippen LogP contribution is 2.32. The van der Waals surface area contributed by atoms with Crippen LogP contribution in [0.3, 0.4) is 0 Å². The van der Waals surface area contributed by atoms with E-state index in [0.717, 1.165) is 19.3 Å². The summed E-state index contributed by atoms with van der Waals surface area (Å²) in [5.74, 6) is -0.913. The molecule has 1 fully saturated rings. The molecule has 2 aromatic carbocycles. The summed E-state index contributed by atoms with van der Waals surface area (Å²) in [7, 11) is -7.11. The van der Waals surface area contributed by atoms with E-state index in [0.29, 0.717) is 29.5 Å². The number of halogens is 1. The van der Waals surface area contributed by atoms with Crippen LogP contribution < -0.4 is 5.73 Å². The second-order valence-corrected chi connectivity index (χ2v) is 13.3. The SMILES string of the molecule is Nc1ncc(-c2ccc(-c3ccccc3S(=O)(=O)CCCS(=O)(=O)C3CCCCC3)cc2F)cn1. The molecule has 0 spiro atoms. The third-order valence-electron chi connectivity index (χ3n) is 6.39. The van der Waals surface area contributed by atoms with Gasteiger partial charge in [-0.1, -0.05) is 49.6 Å². The third-order valence-corrected chi connectivity index (χ3v) is 10.6. The lowest BCUT2D eigenvalue weighted by molar-refractivity contribution is 0.483. The van der Waals surface area contributed by atoms with Gasteiger partial charge in [-0.25, -0.2) is 31.2 Å². The van der Waals surface area contributed by atoms with E-state index in [-0.39, 0.29) is 39.6 Å². The zero-order valence-electron chi connectivity index (χ0n) is 19.2. The summed E-state index contributed by atoms with van der Waals surface area (Å²) in [6, 6.07) is 10.8. The third kappa shape index (κ3) is 5.87. The van der Waals surface area contributed by atoms with E-state index in [9.17, 15) is 21.2 Å². The first-order valence-electron chi connectivity index (χ1n) is 11.6. The molecule has 0 radical (unpaired) electrons. The standard InChI is InChI=1S/C25H28FN3O4S2/c26-23-15-18(11-12-21(23)19-16-28-25(27)29-17-19)22-9-4-5-10-24(22)35(32,33)14-6-13-34(30,31)20-7-2-1-3-8-20/h4-5,9-12,15-17,20H,1-3,6-8,13-14H2,(H2,27,28,29). The first-order valence-corrected chi connectivity index (χ1v) is 15.0. The molecular weight excluding hydrogens is 489 g/mol. The highest BCUT2D eigenvalue weighted by Gasteiger charge is 2.28. The summed E-state index contributed by atoms with van der Waals surface area (Å²) in [4.78, 5) is 7.81. The van der Waals surface area contributed by atoms with Crippen molar-refractivity contribution >= 4 is 25.6 Å². The van der Waals surface area contributed by atoms with Crippen LogP contribution in [0.2, 0.25) is 0 Å². The first-order chi connectivity index (χ1) is 16.7. The molecule has 10 heteroatoms. The van der Waals surface area contributed by atoms with Crippen LogP contribution >= 0.6 is 0 Å². The quantitative estimate of drug-likeness (QED) is 0.469. The zero-order valence-corrected chi connectivity index (χ0v) is 20.9. The van der Waals surface area contributed by atoms with Crippen LogP contribution in [-0.2, 0) is 19.7 Å². The number of benzene rings is 2. The van der Waals surface area contributed by atoms with Crippen LogP contribution in [0.15, 0.2) is 59.8 Å². The molecule has 7 nitrogen and oxygen atoms in total. The van der Waals surface area contributed by atoms with Crippen molar-refractivity contribution in [1.82, 2.24) is 9.97 Å². The molecular formula is C25H28FN3O4S2. The predicted octanol–water partition coefficient (Wildman–Crippen LogP) is 4.44. The van der Waals surface area contributed by atoms with E-state index in [1.54, 1.807) is 30.3 Å². The molecule has 186 valence electrons. The number of nitrogen functional groups attached to an aromatic ring is 1. The number of nitrogens with zero attached hydrogens (tertiary/aromatic N) is 2. The number of nitrogens with two attached hydrogens (primary N) is 1. The van der Waals surface area contributed by atoms with Gasteiger partial charge in [0.15, 0.2) is 19.7 Å². The normalized spacial score (nSPS) is 15.2. The van der Waals surface area contributed by atoms with Crippen LogP contribution in [-0.4, -0.2) is 43.6 Å². The molecule has 1 aliphatic carbocycles. The Labute approximate surface area is 205 Å². The summed E-state index contributed by atoms with van der Waals surface area (Å²) < 4.78 is 66.6. The Balaban J connectivity index is 1.54. The molecule has 0 saturated heterocycles. The van der Waals surface area contributed by atoms with Gasteiger partial charge in [0.1, 0.15) is 5.82 Å². The lowest BCUT2D eigenvalue weighted by Gasteiger charge is -2.21. The van der Waals surface area contributed by atoms with Crippen molar-refractivity contribution in [3.63, 3.8) is 0 Å². The van der Waals surface area contributed by atoms with Crippen molar-refractivity contribution in [1.29, 1.82) is 0 Å². The summed E-state index contributed by atoms with van der Waals surface area (Å²) in [6.45, 7) is 0. The van der Waals surface area contributed by atoms with E-state index in [2.05, 4.69) is 9.97 Å². The summed E-state index contributed by atoms with van der Waals surface area (Å²) >= 11 is 0. The van der Waals surface area contributed by atoms with Crippen molar-refractivity contribution in [3.8, 4) is 22.3 Å². The molecule has 2 N–H and O–H groups in total. The van der Waals surface area contributed by atoms with Crippen molar-refractivity contribution in [2.75, 3.05) is 17.2 Å². The fourth-order valence-electron chi connectivity index (χ4n) is 4.52. The zero-order chi connectivity index (χ0) is 25.1. The Morgan fingerprint density at radius 1 is 0.857 bits per heavy atom. The lowest BCUT2D eigenvalue weighted by Crippen LogP contribution is -2.27. The molecule has 0 aliphatic heterocycles. The van der Waals surface area contributed by atoms with Gasteiger partial charge in [0.05, 0.1) is 21.7 Å². The van der Waals surface area contributed by atoms with E-state index < -0.39 is 25.5 Å². The molecule has 3 aromatic rings. The second-order valence-electron chi connectivity index (χ2n) is 8.82. The molecule has 1 heterocycles. The number of hydrogen-bond donors (Lipinski definition) is 1. The highest BCUT2D eigenvalue weighted by atomic mass is 32.2. The Hall–Kier alpha value is -2.85. The molecule has 0 unspecified atom stereocenters. The van der Waals surface area contributed by atoms with Gasteiger partial charge in [0, 0.05) is 29.1 Å². The van der Waals surface area contributed by atoms with E-state index in [1.807, 2.05) is 0 Å². The predicted molar refractivity (Wildman–Crippen MR) is 135 cm³/mol. The molecule has 0 bridgehead atoms. The number of sulfone groups is 2. The number of hydrogen-bond acceptors (Lipinski definition) is 7. The maximum absolute atomic E-state index is 15.0. The molecule has 0 amide bonds. The van der Waals surface area contributed by atoms with Crippen LogP contribution in [0, 0.1) is 5.82 Å². The van der Waals surface area contributed by atoms with E-state index >= 15 is 0 Å². The van der Waals surface area contributed by atoms with Gasteiger partial charge in [0.2, 0.25) is 5.95 Å². The van der Waals surface area contributed by atoms with Crippen molar-refractivity contribution < 1.29 is 21.2 Å². The number of aromatic nitrogens is 2. The maximum atomic E-state index is 15.0. The number of anilines is 1. The summed E-state index contributed by atoms with van der Waals surface area (Å²) in [5.41, 5.74) is 6.97. The fraction of sp³-hybridized carbons (Fsp3) is 0.360. The lowest BCUT2D eigenvalue weighted by atomic mass is 10.0. The molecule has 4 rings (SSSR count). The van der Waals surface area contributed by atoms with Crippen LogP contribution in [0.5, 0.6) is 0 Å². The van der Waals surface area contributed by atoms with Gasteiger partial charge in [-0.05, 0) is 37.0 Å². The Bertz CT molecular complexity index is 1400. The second kappa shape index (κ2) is 10.4. The molecule has 1 aromatic heterocycles. The molecule has 1 saturated carbocycles.